The van der Waals surface area contributed by atoms with Crippen LogP contribution >= 0.6 is 0 Å². The van der Waals surface area contributed by atoms with Crippen LogP contribution in [0, 0.1) is 0 Å². The van der Waals surface area contributed by atoms with Gasteiger partial charge in [-0.3, -0.25) is 0 Å². The molecule has 4 unspecified atom stereocenters. The summed E-state index contributed by atoms with van der Waals surface area (Å²) >= 11 is 0. The lowest BCUT2D eigenvalue weighted by molar-refractivity contribution is -0.170. The summed E-state index contributed by atoms with van der Waals surface area (Å²) in [4.78, 5) is 107. The summed E-state index contributed by atoms with van der Waals surface area (Å²) < 4.78 is 233. The number of rotatable bonds is 12. The van der Waals surface area contributed by atoms with Gasteiger partial charge in [0, 0.05) is 44.5 Å². The van der Waals surface area contributed by atoms with Gasteiger partial charge in [0.2, 0.25) is 0 Å². The van der Waals surface area contributed by atoms with Crippen LogP contribution in [-0.4, -0.2) is 103 Å². The number of fused-ring (bicyclic) bond motifs is 8. The number of carboxylic acid groups (broad SMARTS) is 6. The van der Waals surface area contributed by atoms with E-state index in [1.807, 2.05) is 0 Å². The van der Waals surface area contributed by atoms with Crippen molar-refractivity contribution >= 4 is 47.8 Å². The van der Waals surface area contributed by atoms with E-state index in [9.17, 15) is 69.0 Å². The van der Waals surface area contributed by atoms with Crippen LogP contribution in [0.3, 0.4) is 0 Å². The third kappa shape index (κ3) is 10.1. The standard InChI is InChI=1S/C76H38F12O19/c77-73(78,79)69(33-13-5-1-6-14-33)45-21-37(61(89)90)41(65(97)98)25-53(45)103-57-29-51-59(31-49(57)69)105-55-27-43(39(63(93)94)23-47(55)71(51,75(83,84)85)35-17-9-3-10-18-35)67(101)107-68(102)44-28-56-48(24-40(44)64(95)96)72(76(86,87)88,36-19-11-4-12-20-36)52-30-58-50(32-60(52)106-56)70(74(80,81)82,34-15-7-2-8-16-34)46-22-38(62(91)92)42(66(99)100)26-54(46)104-58/h1-32H,(H,89,90)(H,91,92)(H,93,94)(H,95,96)(H,97,98)(H,99,100). The van der Waals surface area contributed by atoms with Crippen LogP contribution in [0.25, 0.3) is 0 Å². The number of carbonyl (C=O) groups is 8. The topological polar surface area (TPSA) is 304 Å². The Balaban J connectivity index is 0.948. The van der Waals surface area contributed by atoms with Crippen molar-refractivity contribution in [2.24, 2.45) is 0 Å². The predicted molar refractivity (Wildman–Crippen MR) is 340 cm³/mol. The summed E-state index contributed by atoms with van der Waals surface area (Å²) in [5, 5.41) is 62.3. The lowest BCUT2D eigenvalue weighted by Crippen LogP contribution is -2.48. The van der Waals surface area contributed by atoms with Gasteiger partial charge in [-0.15, -0.1) is 0 Å². The average molecular weight is 1480 g/mol. The molecule has 31 heteroatoms. The summed E-state index contributed by atoms with van der Waals surface area (Å²) in [5.41, 5.74) is -38.1. The largest absolute Gasteiger partial charge is 0.478 e. The number of benzene rings is 10. The fourth-order valence-electron chi connectivity index (χ4n) is 15.0. The van der Waals surface area contributed by atoms with Crippen LogP contribution in [0.5, 0.6) is 46.0 Å². The Morgan fingerprint density at radius 2 is 0.402 bits per heavy atom. The quantitative estimate of drug-likeness (QED) is 0.0376. The fraction of sp³-hybridized carbons (Fsp3) is 0.105. The molecule has 0 bridgehead atoms. The van der Waals surface area contributed by atoms with Crippen molar-refractivity contribution in [2.45, 2.75) is 46.4 Å². The number of hydrogen-bond donors (Lipinski definition) is 6. The summed E-state index contributed by atoms with van der Waals surface area (Å²) in [7, 11) is 0. The van der Waals surface area contributed by atoms with E-state index in [4.69, 9.17) is 23.7 Å². The molecular formula is C76H38F12O19. The maximum absolute atomic E-state index is 17.1. The van der Waals surface area contributed by atoms with Gasteiger partial charge in [-0.2, -0.15) is 52.7 Å². The molecule has 0 spiro atoms. The van der Waals surface area contributed by atoms with E-state index in [0.717, 1.165) is 97.1 Å². The lowest BCUT2D eigenvalue weighted by atomic mass is 9.63. The Kier molecular flexibility index (Phi) is 15.9. The first kappa shape index (κ1) is 70.6. The van der Waals surface area contributed by atoms with Crippen LogP contribution in [0.4, 0.5) is 52.7 Å². The van der Waals surface area contributed by atoms with Gasteiger partial charge in [-0.1, -0.05) is 121 Å². The maximum Gasteiger partial charge on any atom is 0.406 e. The molecule has 10 aromatic rings. The number of esters is 2. The van der Waals surface area contributed by atoms with Gasteiger partial charge < -0.3 is 54.3 Å². The number of halogens is 12. The summed E-state index contributed by atoms with van der Waals surface area (Å²) in [6, 6.07) is 25.1. The number of carboxylic acids is 6. The highest BCUT2D eigenvalue weighted by atomic mass is 19.4. The highest BCUT2D eigenvalue weighted by Gasteiger charge is 2.69. The molecule has 0 saturated carbocycles. The van der Waals surface area contributed by atoms with Crippen molar-refractivity contribution in [1.29, 1.82) is 0 Å². The molecule has 0 saturated heterocycles. The third-order valence-corrected chi connectivity index (χ3v) is 19.3. The van der Waals surface area contributed by atoms with Gasteiger partial charge in [-0.05, 0) is 95.1 Å². The molecule has 0 amide bonds. The minimum atomic E-state index is -5.81. The zero-order chi connectivity index (χ0) is 76.9. The molecule has 10 aromatic carbocycles. The molecule has 540 valence electrons. The highest BCUT2D eigenvalue weighted by molar-refractivity contribution is 6.12. The second-order valence-corrected chi connectivity index (χ2v) is 24.6. The van der Waals surface area contributed by atoms with Crippen molar-refractivity contribution in [1.82, 2.24) is 0 Å². The average Bonchev–Trinajstić information content (AvgIpc) is 0.683. The number of carbonyl (C=O) groups excluding carboxylic acids is 2. The normalized spacial score (nSPS) is 18.7. The SMILES string of the molecule is O=C(O)c1cc2c(cc1C(=O)O)C(c1ccccc1)(C(F)(F)F)c1cc3c(cc1O2)C(c1ccccc1)(C(F)(F)F)c1cc(C(=O)O)c(C(=O)OC(=O)c2cc4c(cc2C(=O)O)C(c2ccccc2)(C(F)(F)F)c2cc5c(cc2O4)C(c2ccccc2)(C(F)(F)F)c2cc(C(=O)O)c(C(=O)O)cc2O5)cc1O3. The molecule has 4 aliphatic heterocycles. The first-order valence-corrected chi connectivity index (χ1v) is 30.9. The molecule has 14 rings (SSSR count). The second-order valence-electron chi connectivity index (χ2n) is 24.6. The fourth-order valence-corrected chi connectivity index (χ4v) is 15.0. The zero-order valence-electron chi connectivity index (χ0n) is 53.0. The highest BCUT2D eigenvalue weighted by Crippen LogP contribution is 2.68. The summed E-state index contributed by atoms with van der Waals surface area (Å²) in [6.07, 6.45) is -23.0. The monoisotopic (exact) mass is 1480 g/mol. The molecule has 19 nitrogen and oxygen atoms in total. The van der Waals surface area contributed by atoms with Crippen LogP contribution in [0.2, 0.25) is 0 Å². The van der Waals surface area contributed by atoms with Crippen molar-refractivity contribution < 1.29 is 145 Å². The van der Waals surface area contributed by atoms with Crippen LogP contribution in [-0.2, 0) is 26.4 Å². The molecule has 4 heterocycles. The number of hydrogen-bond acceptors (Lipinski definition) is 13. The van der Waals surface area contributed by atoms with Crippen molar-refractivity contribution in [3.63, 3.8) is 0 Å². The molecule has 4 aliphatic rings. The van der Waals surface area contributed by atoms with Crippen molar-refractivity contribution in [3.05, 3.63) is 305 Å². The molecule has 4 atom stereocenters. The maximum atomic E-state index is 17.1. The molecule has 6 N–H and O–H groups in total. The second kappa shape index (κ2) is 24.0. The lowest BCUT2D eigenvalue weighted by Gasteiger charge is -2.45. The number of ether oxygens (including phenoxy) is 5. The predicted octanol–water partition coefficient (Wildman–Crippen LogP) is 16.9. The van der Waals surface area contributed by atoms with Crippen LogP contribution in [0.15, 0.2) is 194 Å². The Labute approximate surface area is 588 Å². The summed E-state index contributed by atoms with van der Waals surface area (Å²) in [6.45, 7) is 0. The molecule has 0 aromatic heterocycles. The smallest absolute Gasteiger partial charge is 0.406 e. The molecular weight excluding hydrogens is 1440 g/mol. The first-order valence-electron chi connectivity index (χ1n) is 30.9. The van der Waals surface area contributed by atoms with E-state index in [-0.39, 0.29) is 24.3 Å². The van der Waals surface area contributed by atoms with Gasteiger partial charge in [0.05, 0.1) is 44.5 Å². The van der Waals surface area contributed by atoms with Crippen molar-refractivity contribution in [2.75, 3.05) is 0 Å². The van der Waals surface area contributed by atoms with Gasteiger partial charge >= 0.3 is 72.5 Å². The van der Waals surface area contributed by atoms with Crippen molar-refractivity contribution in [3.8, 4) is 46.0 Å². The molecule has 0 fully saturated rings. The van der Waals surface area contributed by atoms with Crippen LogP contribution < -0.4 is 18.9 Å². The summed E-state index contributed by atoms with van der Waals surface area (Å²) in [5.74, 6) is -26.0. The Bertz CT molecular complexity index is 5250. The third-order valence-electron chi connectivity index (χ3n) is 19.3. The van der Waals surface area contributed by atoms with Crippen LogP contribution in [0.1, 0.15) is 150 Å². The molecule has 107 heavy (non-hydrogen) atoms. The van der Waals surface area contributed by atoms with E-state index in [2.05, 4.69) is 0 Å². The van der Waals surface area contributed by atoms with Gasteiger partial charge in [-0.25, -0.2) is 38.4 Å². The van der Waals surface area contributed by atoms with E-state index in [1.165, 1.54) is 24.3 Å². The number of alkyl halides is 12. The Morgan fingerprint density at radius 1 is 0.243 bits per heavy atom. The van der Waals surface area contributed by atoms with E-state index in [1.54, 1.807) is 0 Å². The van der Waals surface area contributed by atoms with E-state index < -0.39 is 251 Å². The number of aromatic carboxylic acids is 6. The molecule has 0 aliphatic carbocycles. The van der Waals surface area contributed by atoms with Gasteiger partial charge in [0.25, 0.3) is 0 Å². The molecule has 0 radical (unpaired) electrons. The zero-order valence-corrected chi connectivity index (χ0v) is 53.0. The Hall–Kier alpha value is -13.5. The van der Waals surface area contributed by atoms with Gasteiger partial charge in [0.1, 0.15) is 67.7 Å². The van der Waals surface area contributed by atoms with Gasteiger partial charge in [0.15, 0.2) is 0 Å². The first-order chi connectivity index (χ1) is 50.4. The minimum Gasteiger partial charge on any atom is -0.478 e. The van der Waals surface area contributed by atoms with E-state index in [0.29, 0.717) is 48.5 Å². The Morgan fingerprint density at radius 3 is 0.589 bits per heavy atom. The van der Waals surface area contributed by atoms with E-state index >= 15 is 52.7 Å². The minimum absolute atomic E-state index is 0.216.